The Labute approximate surface area is 143 Å². The minimum absolute atomic E-state index is 0.00889. The lowest BCUT2D eigenvalue weighted by atomic mass is 9.87. The van der Waals surface area contributed by atoms with Gasteiger partial charge < -0.3 is 4.90 Å². The number of carbonyl (C=O) groups is 1. The number of halogens is 1. The molecule has 2 nitrogen and oxygen atoms in total. The zero-order valence-electron chi connectivity index (χ0n) is 13.9. The summed E-state index contributed by atoms with van der Waals surface area (Å²) in [5.41, 5.74) is 2.30. The van der Waals surface area contributed by atoms with Gasteiger partial charge in [0, 0.05) is 31.3 Å². The van der Waals surface area contributed by atoms with Crippen molar-refractivity contribution in [1.29, 1.82) is 0 Å². The third-order valence-electron chi connectivity index (χ3n) is 4.87. The van der Waals surface area contributed by atoms with Gasteiger partial charge in [-0.2, -0.15) is 0 Å². The van der Waals surface area contributed by atoms with Crippen LogP contribution in [0.5, 0.6) is 0 Å². The number of amides is 1. The highest BCUT2D eigenvalue weighted by Gasteiger charge is 2.26. The Kier molecular flexibility index (Phi) is 5.63. The van der Waals surface area contributed by atoms with Crippen LogP contribution in [0.3, 0.4) is 0 Å². The highest BCUT2D eigenvalue weighted by molar-refractivity contribution is 5.78. The Morgan fingerprint density at radius 2 is 1.62 bits per heavy atom. The smallest absolute Gasteiger partial charge is 0.223 e. The van der Waals surface area contributed by atoms with Crippen LogP contribution in [0.4, 0.5) is 4.39 Å². The van der Waals surface area contributed by atoms with Gasteiger partial charge in [0.05, 0.1) is 6.67 Å². The maximum atomic E-state index is 13.0. The number of hydrogen-bond acceptors (Lipinski definition) is 1. The van der Waals surface area contributed by atoms with Crippen molar-refractivity contribution in [2.75, 3.05) is 19.8 Å². The summed E-state index contributed by atoms with van der Waals surface area (Å²) in [6.45, 7) is 0.988. The van der Waals surface area contributed by atoms with E-state index >= 15 is 0 Å². The van der Waals surface area contributed by atoms with Crippen LogP contribution in [0.2, 0.25) is 0 Å². The lowest BCUT2D eigenvalue weighted by molar-refractivity contribution is -0.133. The van der Waals surface area contributed by atoms with E-state index in [4.69, 9.17) is 0 Å². The summed E-state index contributed by atoms with van der Waals surface area (Å²) in [6, 6.07) is 20.3. The van der Waals surface area contributed by atoms with Gasteiger partial charge in [-0.25, -0.2) is 0 Å². The van der Waals surface area contributed by atoms with Gasteiger partial charge >= 0.3 is 0 Å². The maximum Gasteiger partial charge on any atom is 0.223 e. The average molecular weight is 325 g/mol. The Balaban J connectivity index is 1.78. The highest BCUT2D eigenvalue weighted by Crippen LogP contribution is 2.29. The predicted molar refractivity (Wildman–Crippen MR) is 94.6 cm³/mol. The summed E-state index contributed by atoms with van der Waals surface area (Å²) in [6.07, 6.45) is 2.23. The predicted octanol–water partition coefficient (Wildman–Crippen LogP) is 4.42. The molecule has 1 aliphatic heterocycles. The van der Waals surface area contributed by atoms with Gasteiger partial charge in [0.25, 0.3) is 0 Å². The molecule has 0 spiro atoms. The van der Waals surface area contributed by atoms with Gasteiger partial charge in [0.15, 0.2) is 0 Å². The average Bonchev–Trinajstić information content (AvgIpc) is 2.67. The van der Waals surface area contributed by atoms with Crippen LogP contribution in [0.25, 0.3) is 0 Å². The van der Waals surface area contributed by atoms with Crippen LogP contribution >= 0.6 is 0 Å². The van der Waals surface area contributed by atoms with E-state index in [0.29, 0.717) is 13.0 Å². The van der Waals surface area contributed by atoms with E-state index in [1.807, 2.05) is 41.3 Å². The zero-order valence-corrected chi connectivity index (χ0v) is 13.9. The van der Waals surface area contributed by atoms with E-state index in [1.54, 1.807) is 0 Å². The first-order valence-corrected chi connectivity index (χ1v) is 8.71. The number of rotatable bonds is 5. The molecule has 1 unspecified atom stereocenters. The highest BCUT2D eigenvalue weighted by atomic mass is 19.1. The molecular weight excluding hydrogens is 301 g/mol. The number of hydrogen-bond donors (Lipinski definition) is 0. The fraction of sp³-hybridized carbons (Fsp3) is 0.381. The summed E-state index contributed by atoms with van der Waals surface area (Å²) in [4.78, 5) is 14.7. The molecule has 1 fully saturated rings. The van der Waals surface area contributed by atoms with Crippen molar-refractivity contribution in [2.45, 2.75) is 25.2 Å². The fourth-order valence-corrected chi connectivity index (χ4v) is 3.52. The van der Waals surface area contributed by atoms with Crippen LogP contribution in [-0.4, -0.2) is 30.6 Å². The third-order valence-corrected chi connectivity index (χ3v) is 4.87. The molecule has 2 aromatic carbocycles. The lowest BCUT2D eigenvalue weighted by Crippen LogP contribution is -2.41. The third kappa shape index (κ3) is 4.02. The monoisotopic (exact) mass is 325 g/mol. The minimum atomic E-state index is -0.329. The molecule has 1 saturated heterocycles. The molecule has 0 aliphatic carbocycles. The topological polar surface area (TPSA) is 20.3 Å². The molecule has 3 rings (SSSR count). The molecule has 0 bridgehead atoms. The second-order valence-corrected chi connectivity index (χ2v) is 6.58. The van der Waals surface area contributed by atoms with Crippen LogP contribution in [-0.2, 0) is 4.79 Å². The number of benzene rings is 2. The Morgan fingerprint density at radius 1 is 1.04 bits per heavy atom. The second kappa shape index (κ2) is 8.09. The molecule has 126 valence electrons. The maximum absolute atomic E-state index is 13.0. The standard InChI is InChI=1S/C21H24FNO/c22-15-17-8-7-13-23(16-17)21(24)14-20(18-9-3-1-4-10-18)19-11-5-2-6-12-19/h1-6,9-12,17,20H,7-8,13-16H2. The molecule has 0 saturated carbocycles. The van der Waals surface area contributed by atoms with E-state index in [9.17, 15) is 9.18 Å². The molecule has 1 heterocycles. The molecule has 2 aromatic rings. The first-order chi connectivity index (χ1) is 11.8. The van der Waals surface area contributed by atoms with Crippen molar-refractivity contribution in [1.82, 2.24) is 4.90 Å². The molecule has 1 aliphatic rings. The summed E-state index contributed by atoms with van der Waals surface area (Å²) in [7, 11) is 0. The van der Waals surface area contributed by atoms with Gasteiger partial charge in [-0.15, -0.1) is 0 Å². The second-order valence-electron chi connectivity index (χ2n) is 6.58. The van der Waals surface area contributed by atoms with Crippen molar-refractivity contribution < 1.29 is 9.18 Å². The Hall–Kier alpha value is -2.16. The largest absolute Gasteiger partial charge is 0.342 e. The number of carbonyl (C=O) groups excluding carboxylic acids is 1. The molecule has 0 aromatic heterocycles. The van der Waals surface area contributed by atoms with Crippen molar-refractivity contribution in [3.05, 3.63) is 71.8 Å². The molecular formula is C21H24FNO. The summed E-state index contributed by atoms with van der Waals surface area (Å²) in [5.74, 6) is 0.186. The van der Waals surface area contributed by atoms with Gasteiger partial charge in [0.2, 0.25) is 5.91 Å². The normalized spacial score (nSPS) is 17.9. The molecule has 1 atom stereocenters. The van der Waals surface area contributed by atoms with Crippen LogP contribution in [0, 0.1) is 5.92 Å². The molecule has 3 heteroatoms. The van der Waals surface area contributed by atoms with Crippen molar-refractivity contribution in [2.24, 2.45) is 5.92 Å². The van der Waals surface area contributed by atoms with Crippen LogP contribution in [0.15, 0.2) is 60.7 Å². The minimum Gasteiger partial charge on any atom is -0.342 e. The molecule has 0 N–H and O–H groups in total. The lowest BCUT2D eigenvalue weighted by Gasteiger charge is -2.32. The van der Waals surface area contributed by atoms with E-state index < -0.39 is 0 Å². The number of piperidine rings is 1. The Morgan fingerprint density at radius 3 is 2.17 bits per heavy atom. The summed E-state index contributed by atoms with van der Waals surface area (Å²) < 4.78 is 13.0. The molecule has 0 radical (unpaired) electrons. The van der Waals surface area contributed by atoms with E-state index in [0.717, 1.165) is 30.5 Å². The first-order valence-electron chi connectivity index (χ1n) is 8.71. The zero-order chi connectivity index (χ0) is 16.8. The van der Waals surface area contributed by atoms with E-state index in [2.05, 4.69) is 24.3 Å². The quantitative estimate of drug-likeness (QED) is 0.797. The summed E-state index contributed by atoms with van der Waals surface area (Å²) >= 11 is 0. The van der Waals surface area contributed by atoms with Crippen molar-refractivity contribution in [3.8, 4) is 0 Å². The summed E-state index contributed by atoms with van der Waals surface area (Å²) in [5, 5.41) is 0. The number of alkyl halides is 1. The van der Waals surface area contributed by atoms with Crippen molar-refractivity contribution in [3.63, 3.8) is 0 Å². The first kappa shape index (κ1) is 16.7. The number of likely N-dealkylation sites (tertiary alicyclic amines) is 1. The Bertz CT molecular complexity index is 604. The van der Waals surface area contributed by atoms with Gasteiger partial charge in [0.1, 0.15) is 0 Å². The van der Waals surface area contributed by atoms with Gasteiger partial charge in [-0.1, -0.05) is 60.7 Å². The van der Waals surface area contributed by atoms with E-state index in [1.165, 1.54) is 0 Å². The molecule has 1 amide bonds. The van der Waals surface area contributed by atoms with Crippen LogP contribution < -0.4 is 0 Å². The SMILES string of the molecule is O=C(CC(c1ccccc1)c1ccccc1)N1CCCC(CF)C1. The molecule has 24 heavy (non-hydrogen) atoms. The van der Waals surface area contributed by atoms with Crippen LogP contribution in [0.1, 0.15) is 36.3 Å². The van der Waals surface area contributed by atoms with Gasteiger partial charge in [-0.05, 0) is 24.0 Å². The fourth-order valence-electron chi connectivity index (χ4n) is 3.52. The van der Waals surface area contributed by atoms with Crippen molar-refractivity contribution >= 4 is 5.91 Å². The number of nitrogens with zero attached hydrogens (tertiary/aromatic N) is 1. The van der Waals surface area contributed by atoms with Gasteiger partial charge in [-0.3, -0.25) is 9.18 Å². The van der Waals surface area contributed by atoms with E-state index in [-0.39, 0.29) is 24.4 Å².